The standard InChI is InChI=1S/C26H32N4O4/c1-17(31)28-11-9-21(10-12-28)29-14-18-13-20(16-29)24-8-7-23(26(33)30(24)15-18)27-25(32)19-3-5-22(34-2)6-4-19/h3-8,18,20-21H,9-16H2,1-2H3,(H,27,32)/t18-,20-/m1/s1. The Hall–Kier alpha value is -3.13. The first-order valence-corrected chi connectivity index (χ1v) is 12.1. The molecule has 8 nitrogen and oxygen atoms in total. The number of amides is 2. The molecule has 5 rings (SSSR count). The fraction of sp³-hybridized carbons (Fsp3) is 0.500. The third kappa shape index (κ3) is 4.34. The average molecular weight is 465 g/mol. The summed E-state index contributed by atoms with van der Waals surface area (Å²) in [7, 11) is 1.58. The quantitative estimate of drug-likeness (QED) is 0.752. The molecule has 2 amide bonds. The van der Waals surface area contributed by atoms with Gasteiger partial charge in [0.05, 0.1) is 7.11 Å². The van der Waals surface area contributed by atoms with Crippen LogP contribution >= 0.6 is 0 Å². The van der Waals surface area contributed by atoms with E-state index < -0.39 is 0 Å². The molecule has 1 N–H and O–H groups in total. The topological polar surface area (TPSA) is 83.9 Å². The van der Waals surface area contributed by atoms with Crippen molar-refractivity contribution in [1.29, 1.82) is 0 Å². The minimum atomic E-state index is -0.306. The summed E-state index contributed by atoms with van der Waals surface area (Å²) in [5, 5.41) is 2.80. The van der Waals surface area contributed by atoms with E-state index in [-0.39, 0.29) is 17.4 Å². The van der Waals surface area contributed by atoms with Gasteiger partial charge < -0.3 is 19.5 Å². The monoisotopic (exact) mass is 464 g/mol. The van der Waals surface area contributed by atoms with E-state index in [1.807, 2.05) is 15.5 Å². The van der Waals surface area contributed by atoms with Crippen LogP contribution in [0.15, 0.2) is 41.2 Å². The first-order valence-electron chi connectivity index (χ1n) is 12.1. The number of likely N-dealkylation sites (tertiary alicyclic amines) is 2. The smallest absolute Gasteiger partial charge is 0.274 e. The number of aromatic nitrogens is 1. The number of carbonyl (C=O) groups is 2. The molecule has 0 unspecified atom stereocenters. The lowest BCUT2D eigenvalue weighted by Crippen LogP contribution is -2.53. The molecule has 0 spiro atoms. The predicted octanol–water partition coefficient (Wildman–Crippen LogP) is 2.54. The lowest BCUT2D eigenvalue weighted by atomic mass is 9.82. The summed E-state index contributed by atoms with van der Waals surface area (Å²) in [5.41, 5.74) is 1.73. The van der Waals surface area contributed by atoms with Crippen LogP contribution in [0.5, 0.6) is 5.75 Å². The summed E-state index contributed by atoms with van der Waals surface area (Å²) in [4.78, 5) is 42.1. The number of piperidine rings is 2. The Bertz CT molecular complexity index is 1130. The summed E-state index contributed by atoms with van der Waals surface area (Å²) in [6, 6.07) is 11.1. The fourth-order valence-corrected chi connectivity index (χ4v) is 5.86. The Kier molecular flexibility index (Phi) is 6.16. The lowest BCUT2D eigenvalue weighted by molar-refractivity contribution is -0.130. The Morgan fingerprint density at radius 2 is 1.74 bits per heavy atom. The van der Waals surface area contributed by atoms with Crippen LogP contribution in [0.2, 0.25) is 0 Å². The van der Waals surface area contributed by atoms with Crippen molar-refractivity contribution < 1.29 is 14.3 Å². The number of benzene rings is 1. The van der Waals surface area contributed by atoms with Gasteiger partial charge in [0.25, 0.3) is 11.5 Å². The maximum Gasteiger partial charge on any atom is 0.274 e. The maximum atomic E-state index is 13.3. The minimum Gasteiger partial charge on any atom is -0.497 e. The van der Waals surface area contributed by atoms with Gasteiger partial charge in [0.15, 0.2) is 0 Å². The number of rotatable bonds is 4. The molecule has 0 saturated carbocycles. The number of fused-ring (bicyclic) bond motifs is 4. The van der Waals surface area contributed by atoms with Crippen LogP contribution < -0.4 is 15.6 Å². The van der Waals surface area contributed by atoms with Crippen LogP contribution in [0.1, 0.15) is 48.2 Å². The highest BCUT2D eigenvalue weighted by Crippen LogP contribution is 2.37. The Morgan fingerprint density at radius 3 is 2.41 bits per heavy atom. The van der Waals surface area contributed by atoms with E-state index >= 15 is 0 Å². The van der Waals surface area contributed by atoms with Gasteiger partial charge in [0, 0.05) is 62.9 Å². The number of carbonyl (C=O) groups excluding carboxylic acids is 2. The molecule has 4 heterocycles. The van der Waals surface area contributed by atoms with Crippen molar-refractivity contribution in [3.63, 3.8) is 0 Å². The van der Waals surface area contributed by atoms with Gasteiger partial charge in [-0.1, -0.05) is 0 Å². The zero-order valence-corrected chi connectivity index (χ0v) is 19.8. The van der Waals surface area contributed by atoms with Gasteiger partial charge in [-0.3, -0.25) is 19.3 Å². The van der Waals surface area contributed by atoms with Crippen LogP contribution in [0, 0.1) is 5.92 Å². The van der Waals surface area contributed by atoms with Gasteiger partial charge in [-0.2, -0.15) is 0 Å². The molecule has 34 heavy (non-hydrogen) atoms. The van der Waals surface area contributed by atoms with Gasteiger partial charge in [-0.25, -0.2) is 0 Å². The van der Waals surface area contributed by atoms with E-state index in [1.165, 1.54) is 0 Å². The van der Waals surface area contributed by atoms with Crippen molar-refractivity contribution in [3.05, 3.63) is 58.0 Å². The largest absolute Gasteiger partial charge is 0.497 e. The molecule has 2 bridgehead atoms. The molecular formula is C26H32N4O4. The van der Waals surface area contributed by atoms with Crippen LogP contribution in [0.3, 0.4) is 0 Å². The SMILES string of the molecule is COc1ccc(C(=O)Nc2ccc3n(c2=O)C[C@@H]2C[C@@H]3CN(C3CCN(C(C)=O)CC3)C2)cc1. The summed E-state index contributed by atoms with van der Waals surface area (Å²) in [6.07, 6.45) is 3.13. The number of hydrogen-bond donors (Lipinski definition) is 1. The number of pyridine rings is 1. The molecule has 1 aromatic heterocycles. The van der Waals surface area contributed by atoms with Crippen LogP contribution in [0.4, 0.5) is 5.69 Å². The fourth-order valence-electron chi connectivity index (χ4n) is 5.86. The Balaban J connectivity index is 1.29. The third-order valence-electron chi connectivity index (χ3n) is 7.66. The van der Waals surface area contributed by atoms with Crippen molar-refractivity contribution in [2.75, 3.05) is 38.6 Å². The van der Waals surface area contributed by atoms with Gasteiger partial charge in [0.1, 0.15) is 11.4 Å². The van der Waals surface area contributed by atoms with Crippen LogP contribution in [0.25, 0.3) is 0 Å². The van der Waals surface area contributed by atoms with E-state index in [9.17, 15) is 14.4 Å². The first kappa shape index (κ1) is 22.7. The summed E-state index contributed by atoms with van der Waals surface area (Å²) < 4.78 is 7.01. The molecule has 2 atom stereocenters. The van der Waals surface area contributed by atoms with Crippen molar-refractivity contribution in [2.45, 2.75) is 44.7 Å². The van der Waals surface area contributed by atoms with E-state index in [0.29, 0.717) is 41.4 Å². The molecule has 8 heteroatoms. The van der Waals surface area contributed by atoms with Gasteiger partial charge in [-0.15, -0.1) is 0 Å². The molecule has 0 aliphatic carbocycles. The van der Waals surface area contributed by atoms with Crippen molar-refractivity contribution in [3.8, 4) is 5.75 Å². The minimum absolute atomic E-state index is 0.128. The van der Waals surface area contributed by atoms with Crippen molar-refractivity contribution >= 4 is 17.5 Å². The van der Waals surface area contributed by atoms with E-state index in [2.05, 4.69) is 10.2 Å². The number of hydrogen-bond acceptors (Lipinski definition) is 5. The second-order valence-electron chi connectivity index (χ2n) is 9.76. The molecular weight excluding hydrogens is 432 g/mol. The van der Waals surface area contributed by atoms with E-state index in [1.54, 1.807) is 44.4 Å². The predicted molar refractivity (Wildman–Crippen MR) is 129 cm³/mol. The van der Waals surface area contributed by atoms with E-state index in [0.717, 1.165) is 51.1 Å². The first-order chi connectivity index (χ1) is 16.4. The highest BCUT2D eigenvalue weighted by atomic mass is 16.5. The number of nitrogens with zero attached hydrogens (tertiary/aromatic N) is 3. The van der Waals surface area contributed by atoms with Gasteiger partial charge in [0.2, 0.25) is 5.91 Å². The van der Waals surface area contributed by atoms with Crippen LogP contribution in [-0.2, 0) is 11.3 Å². The molecule has 180 valence electrons. The van der Waals surface area contributed by atoms with Gasteiger partial charge in [-0.05, 0) is 61.6 Å². The molecule has 2 fully saturated rings. The zero-order chi connectivity index (χ0) is 23.8. The summed E-state index contributed by atoms with van der Waals surface area (Å²) >= 11 is 0. The zero-order valence-electron chi connectivity index (χ0n) is 19.8. The molecule has 2 saturated heterocycles. The molecule has 2 aromatic rings. The molecule has 1 aromatic carbocycles. The lowest BCUT2D eigenvalue weighted by Gasteiger charge is -2.47. The Morgan fingerprint density at radius 1 is 1.00 bits per heavy atom. The second kappa shape index (κ2) is 9.25. The van der Waals surface area contributed by atoms with Crippen molar-refractivity contribution in [1.82, 2.24) is 14.4 Å². The number of nitrogens with one attached hydrogen (secondary N) is 1. The molecule has 3 aliphatic heterocycles. The highest BCUT2D eigenvalue weighted by molar-refractivity contribution is 6.04. The molecule has 0 radical (unpaired) electrons. The van der Waals surface area contributed by atoms with Crippen LogP contribution in [-0.4, -0.2) is 65.5 Å². The number of anilines is 1. The summed E-state index contributed by atoms with van der Waals surface area (Å²) in [6.45, 7) is 5.92. The normalized spacial score (nSPS) is 22.7. The highest BCUT2D eigenvalue weighted by Gasteiger charge is 2.38. The Labute approximate surface area is 199 Å². The third-order valence-corrected chi connectivity index (χ3v) is 7.66. The number of ether oxygens (including phenoxy) is 1. The molecule has 3 aliphatic rings. The second-order valence-corrected chi connectivity index (χ2v) is 9.76. The maximum absolute atomic E-state index is 13.3. The summed E-state index contributed by atoms with van der Waals surface area (Å²) in [5.74, 6) is 1.27. The van der Waals surface area contributed by atoms with Gasteiger partial charge >= 0.3 is 0 Å². The van der Waals surface area contributed by atoms with E-state index in [4.69, 9.17) is 4.74 Å². The number of methoxy groups -OCH3 is 1. The van der Waals surface area contributed by atoms with Crippen molar-refractivity contribution in [2.24, 2.45) is 5.92 Å². The average Bonchev–Trinajstić information content (AvgIpc) is 2.86.